The Bertz CT molecular complexity index is 799. The molecule has 3 heterocycles. The standard InChI is InChI=1S/C15H16N4O3/c1-2-18-9-10(7-13(18)20)17-14(21)11-8-16-12-5-3-4-6-19(12)15(11)22/h3-6,8,10H,2,7,9H2,1H3,(H,17,21)/t10-/m1/s1. The number of fused-ring (bicyclic) bond motifs is 1. The lowest BCUT2D eigenvalue weighted by molar-refractivity contribution is -0.127. The number of amides is 2. The number of likely N-dealkylation sites (tertiary alicyclic amines) is 1. The molecule has 0 aromatic carbocycles. The van der Waals surface area contributed by atoms with Crippen LogP contribution in [0.15, 0.2) is 35.4 Å². The van der Waals surface area contributed by atoms with Crippen LogP contribution in [-0.4, -0.2) is 45.2 Å². The van der Waals surface area contributed by atoms with Crippen molar-refractivity contribution < 1.29 is 9.59 Å². The van der Waals surface area contributed by atoms with Crippen LogP contribution < -0.4 is 10.9 Å². The highest BCUT2D eigenvalue weighted by Crippen LogP contribution is 2.10. The smallest absolute Gasteiger partial charge is 0.270 e. The third kappa shape index (κ3) is 2.45. The quantitative estimate of drug-likeness (QED) is 0.868. The van der Waals surface area contributed by atoms with E-state index in [2.05, 4.69) is 10.3 Å². The highest BCUT2D eigenvalue weighted by Gasteiger charge is 2.30. The van der Waals surface area contributed by atoms with E-state index in [1.165, 1.54) is 10.6 Å². The first-order valence-corrected chi connectivity index (χ1v) is 7.15. The molecule has 1 atom stereocenters. The first-order chi connectivity index (χ1) is 10.6. The van der Waals surface area contributed by atoms with Gasteiger partial charge in [0.1, 0.15) is 11.2 Å². The van der Waals surface area contributed by atoms with Crippen LogP contribution in [0.2, 0.25) is 0 Å². The van der Waals surface area contributed by atoms with E-state index >= 15 is 0 Å². The number of rotatable bonds is 3. The van der Waals surface area contributed by atoms with Crippen molar-refractivity contribution in [3.05, 3.63) is 46.5 Å². The largest absolute Gasteiger partial charge is 0.347 e. The molecule has 0 aliphatic carbocycles. The minimum Gasteiger partial charge on any atom is -0.347 e. The molecule has 22 heavy (non-hydrogen) atoms. The zero-order chi connectivity index (χ0) is 15.7. The third-order valence-electron chi connectivity index (χ3n) is 3.79. The van der Waals surface area contributed by atoms with Crippen molar-refractivity contribution in [2.24, 2.45) is 0 Å². The summed E-state index contributed by atoms with van der Waals surface area (Å²) in [4.78, 5) is 42.0. The van der Waals surface area contributed by atoms with Gasteiger partial charge in [-0.2, -0.15) is 0 Å². The van der Waals surface area contributed by atoms with Gasteiger partial charge >= 0.3 is 0 Å². The van der Waals surface area contributed by atoms with E-state index in [1.54, 1.807) is 29.3 Å². The summed E-state index contributed by atoms with van der Waals surface area (Å²) in [7, 11) is 0. The Morgan fingerprint density at radius 1 is 1.41 bits per heavy atom. The Kier molecular flexibility index (Phi) is 3.62. The maximum atomic E-state index is 12.3. The minimum atomic E-state index is -0.494. The second-order valence-corrected chi connectivity index (χ2v) is 5.21. The fraction of sp³-hybridized carbons (Fsp3) is 0.333. The van der Waals surface area contributed by atoms with Crippen LogP contribution in [0.3, 0.4) is 0 Å². The summed E-state index contributed by atoms with van der Waals surface area (Å²) in [6, 6.07) is 4.89. The van der Waals surface area contributed by atoms with Gasteiger partial charge in [-0.25, -0.2) is 4.98 Å². The Hall–Kier alpha value is -2.70. The Labute approximate surface area is 126 Å². The lowest BCUT2D eigenvalue weighted by atomic mass is 10.2. The number of carbonyl (C=O) groups is 2. The van der Waals surface area contributed by atoms with E-state index in [9.17, 15) is 14.4 Å². The van der Waals surface area contributed by atoms with E-state index in [0.29, 0.717) is 18.7 Å². The van der Waals surface area contributed by atoms with E-state index in [1.807, 2.05) is 6.92 Å². The van der Waals surface area contributed by atoms with Gasteiger partial charge in [-0.15, -0.1) is 0 Å². The highest BCUT2D eigenvalue weighted by molar-refractivity contribution is 5.94. The van der Waals surface area contributed by atoms with E-state index in [4.69, 9.17) is 0 Å². The lowest BCUT2D eigenvalue weighted by Gasteiger charge is -2.14. The Balaban J connectivity index is 1.83. The molecular weight excluding hydrogens is 284 g/mol. The molecule has 7 nitrogen and oxygen atoms in total. The van der Waals surface area contributed by atoms with Gasteiger partial charge in [0.05, 0.1) is 6.04 Å². The molecule has 114 valence electrons. The molecule has 2 aromatic heterocycles. The minimum absolute atomic E-state index is 0.0150. The summed E-state index contributed by atoms with van der Waals surface area (Å²) in [6.07, 6.45) is 3.11. The van der Waals surface area contributed by atoms with Gasteiger partial charge in [-0.05, 0) is 19.1 Å². The number of hydrogen-bond acceptors (Lipinski definition) is 4. The van der Waals surface area contributed by atoms with Gasteiger partial charge in [-0.3, -0.25) is 18.8 Å². The van der Waals surface area contributed by atoms with Crippen molar-refractivity contribution >= 4 is 17.5 Å². The first kappa shape index (κ1) is 14.2. The second kappa shape index (κ2) is 5.59. The van der Waals surface area contributed by atoms with Gasteiger partial charge in [0.15, 0.2) is 0 Å². The number of nitrogens with one attached hydrogen (secondary N) is 1. The van der Waals surface area contributed by atoms with E-state index in [0.717, 1.165) is 0 Å². The molecule has 0 radical (unpaired) electrons. The van der Waals surface area contributed by atoms with Gasteiger partial charge in [0.25, 0.3) is 11.5 Å². The van der Waals surface area contributed by atoms with E-state index in [-0.39, 0.29) is 23.9 Å². The molecule has 1 fully saturated rings. The molecule has 2 amide bonds. The van der Waals surface area contributed by atoms with E-state index < -0.39 is 11.5 Å². The molecule has 1 aliphatic rings. The van der Waals surface area contributed by atoms with Crippen LogP contribution in [0.1, 0.15) is 23.7 Å². The van der Waals surface area contributed by atoms with Gasteiger partial charge in [0, 0.05) is 31.9 Å². The monoisotopic (exact) mass is 300 g/mol. The van der Waals surface area contributed by atoms with Crippen LogP contribution >= 0.6 is 0 Å². The normalized spacial score (nSPS) is 18.0. The predicted molar refractivity (Wildman–Crippen MR) is 79.6 cm³/mol. The average molecular weight is 300 g/mol. The summed E-state index contributed by atoms with van der Waals surface area (Å²) in [6.45, 7) is 2.98. The number of hydrogen-bond donors (Lipinski definition) is 1. The summed E-state index contributed by atoms with van der Waals surface area (Å²) in [5.74, 6) is -0.479. The molecule has 0 spiro atoms. The Morgan fingerprint density at radius 3 is 2.95 bits per heavy atom. The van der Waals surface area contributed by atoms with Crippen LogP contribution in [0.25, 0.3) is 5.65 Å². The zero-order valence-corrected chi connectivity index (χ0v) is 12.2. The summed E-state index contributed by atoms with van der Waals surface area (Å²) in [5, 5.41) is 2.74. The van der Waals surface area contributed by atoms with Crippen molar-refractivity contribution in [1.29, 1.82) is 0 Å². The van der Waals surface area contributed by atoms with Crippen molar-refractivity contribution in [2.45, 2.75) is 19.4 Å². The molecule has 0 saturated carbocycles. The topological polar surface area (TPSA) is 83.8 Å². The van der Waals surface area contributed by atoms with Crippen molar-refractivity contribution in [1.82, 2.24) is 19.6 Å². The fourth-order valence-corrected chi connectivity index (χ4v) is 2.62. The number of likely N-dealkylation sites (N-methyl/N-ethyl adjacent to an activating group) is 1. The number of nitrogens with zero attached hydrogens (tertiary/aromatic N) is 3. The molecule has 3 rings (SSSR count). The maximum absolute atomic E-state index is 12.3. The average Bonchev–Trinajstić information content (AvgIpc) is 2.87. The van der Waals surface area contributed by atoms with Crippen molar-refractivity contribution in [3.8, 4) is 0 Å². The molecular formula is C15H16N4O3. The molecule has 0 unspecified atom stereocenters. The molecule has 1 aliphatic heterocycles. The summed E-state index contributed by atoms with van der Waals surface area (Å²) < 4.78 is 1.33. The fourth-order valence-electron chi connectivity index (χ4n) is 2.62. The molecule has 2 aromatic rings. The molecule has 1 N–H and O–H groups in total. The van der Waals surface area contributed by atoms with Gasteiger partial charge in [0.2, 0.25) is 5.91 Å². The van der Waals surface area contributed by atoms with Gasteiger partial charge < -0.3 is 10.2 Å². The van der Waals surface area contributed by atoms with Crippen LogP contribution in [0, 0.1) is 0 Å². The maximum Gasteiger partial charge on any atom is 0.270 e. The summed E-state index contributed by atoms with van der Waals surface area (Å²) in [5.41, 5.74) is 0.0446. The molecule has 0 bridgehead atoms. The molecule has 1 saturated heterocycles. The van der Waals surface area contributed by atoms with Crippen molar-refractivity contribution in [2.75, 3.05) is 13.1 Å². The second-order valence-electron chi connectivity index (χ2n) is 5.21. The number of aromatic nitrogens is 2. The predicted octanol–water partition coefficient (Wildman–Crippen LogP) is 0.0451. The first-order valence-electron chi connectivity index (χ1n) is 7.15. The third-order valence-corrected chi connectivity index (χ3v) is 3.79. The lowest BCUT2D eigenvalue weighted by Crippen LogP contribution is -2.40. The SMILES string of the molecule is CCN1C[C@H](NC(=O)c2cnc3ccccn3c2=O)CC1=O. The zero-order valence-electron chi connectivity index (χ0n) is 12.2. The summed E-state index contributed by atoms with van der Waals surface area (Å²) >= 11 is 0. The molecule has 7 heteroatoms. The number of carbonyl (C=O) groups excluding carboxylic acids is 2. The Morgan fingerprint density at radius 2 is 2.23 bits per heavy atom. The highest BCUT2D eigenvalue weighted by atomic mass is 16.2. The van der Waals surface area contributed by atoms with Crippen LogP contribution in [-0.2, 0) is 4.79 Å². The van der Waals surface area contributed by atoms with Crippen molar-refractivity contribution in [3.63, 3.8) is 0 Å². The number of pyridine rings is 1. The van der Waals surface area contributed by atoms with Gasteiger partial charge in [-0.1, -0.05) is 6.07 Å². The van der Waals surface area contributed by atoms with Crippen LogP contribution in [0.5, 0.6) is 0 Å². The van der Waals surface area contributed by atoms with Crippen LogP contribution in [0.4, 0.5) is 0 Å².